The highest BCUT2D eigenvalue weighted by Gasteiger charge is 2.23. The Morgan fingerprint density at radius 1 is 0.789 bits per heavy atom. The van der Waals surface area contributed by atoms with E-state index in [1.165, 1.54) is 0 Å². The molecule has 0 aliphatic heterocycles. The maximum atomic E-state index is 13.7. The summed E-state index contributed by atoms with van der Waals surface area (Å²) in [4.78, 5) is 15.5. The molecule has 0 spiro atoms. The largest absolute Gasteiger partial charge is 0.497 e. The number of aromatic nitrogens is 1. The molecular formula is C31H34N2O5. The molecule has 3 aromatic carbocycles. The van der Waals surface area contributed by atoms with Crippen LogP contribution in [-0.4, -0.2) is 57.4 Å². The lowest BCUT2D eigenvalue weighted by Crippen LogP contribution is -2.29. The van der Waals surface area contributed by atoms with Crippen LogP contribution in [0.2, 0.25) is 0 Å². The molecule has 0 fully saturated rings. The van der Waals surface area contributed by atoms with E-state index in [0.717, 1.165) is 28.2 Å². The lowest BCUT2D eigenvalue weighted by atomic mass is 10.1. The number of carbonyl (C=O) groups excluding carboxylic acids is 1. The summed E-state index contributed by atoms with van der Waals surface area (Å²) in [7, 11) is 8.32. The first kappa shape index (κ1) is 26.7. The van der Waals surface area contributed by atoms with Crippen molar-refractivity contribution in [3.05, 3.63) is 89.6 Å². The predicted molar refractivity (Wildman–Crippen MR) is 149 cm³/mol. The van der Waals surface area contributed by atoms with Gasteiger partial charge in [-0.25, -0.2) is 0 Å². The first-order valence-electron chi connectivity index (χ1n) is 12.4. The minimum atomic E-state index is -0.0496. The van der Waals surface area contributed by atoms with Gasteiger partial charge in [-0.1, -0.05) is 36.4 Å². The fourth-order valence-electron chi connectivity index (χ4n) is 4.56. The Balaban J connectivity index is 1.68. The quantitative estimate of drug-likeness (QED) is 0.268. The summed E-state index contributed by atoms with van der Waals surface area (Å²) in [6, 6.07) is 23.5. The highest BCUT2D eigenvalue weighted by atomic mass is 16.5. The van der Waals surface area contributed by atoms with E-state index >= 15 is 0 Å². The van der Waals surface area contributed by atoms with Gasteiger partial charge >= 0.3 is 0 Å². The second kappa shape index (κ2) is 11.8. The van der Waals surface area contributed by atoms with E-state index in [1.54, 1.807) is 33.3 Å². The number of methoxy groups -OCH3 is 4. The molecule has 0 unspecified atom stereocenters. The molecule has 1 aromatic heterocycles. The van der Waals surface area contributed by atoms with Crippen LogP contribution in [0.5, 0.6) is 23.0 Å². The van der Waals surface area contributed by atoms with Crippen molar-refractivity contribution in [2.45, 2.75) is 13.3 Å². The van der Waals surface area contributed by atoms with E-state index < -0.39 is 0 Å². The van der Waals surface area contributed by atoms with Crippen molar-refractivity contribution in [1.82, 2.24) is 9.47 Å². The molecule has 0 bridgehead atoms. The van der Waals surface area contributed by atoms with Crippen molar-refractivity contribution in [2.24, 2.45) is 0 Å². The van der Waals surface area contributed by atoms with Gasteiger partial charge in [0.2, 0.25) is 0 Å². The van der Waals surface area contributed by atoms with Crippen molar-refractivity contribution in [1.29, 1.82) is 0 Å². The third kappa shape index (κ3) is 5.32. The second-order valence-corrected chi connectivity index (χ2v) is 8.93. The number of amides is 1. The Morgan fingerprint density at radius 3 is 2.16 bits per heavy atom. The minimum Gasteiger partial charge on any atom is -0.497 e. The molecule has 0 atom stereocenters. The van der Waals surface area contributed by atoms with E-state index in [4.69, 9.17) is 18.9 Å². The Bertz CT molecular complexity index is 1410. The number of hydrogen-bond donors (Lipinski definition) is 0. The van der Waals surface area contributed by atoms with Crippen LogP contribution in [0.1, 0.15) is 21.6 Å². The molecule has 0 radical (unpaired) electrons. The van der Waals surface area contributed by atoms with Gasteiger partial charge < -0.3 is 28.4 Å². The minimum absolute atomic E-state index is 0.0496. The van der Waals surface area contributed by atoms with Gasteiger partial charge in [0, 0.05) is 25.4 Å². The normalized spacial score (nSPS) is 10.7. The zero-order valence-corrected chi connectivity index (χ0v) is 22.8. The number of benzene rings is 3. The van der Waals surface area contributed by atoms with Crippen molar-refractivity contribution in [3.63, 3.8) is 0 Å². The molecule has 0 aliphatic rings. The van der Waals surface area contributed by atoms with Crippen LogP contribution in [0.15, 0.2) is 72.8 Å². The van der Waals surface area contributed by atoms with Gasteiger partial charge in [0.25, 0.3) is 5.91 Å². The summed E-state index contributed by atoms with van der Waals surface area (Å²) in [5, 5.41) is 0. The van der Waals surface area contributed by atoms with Gasteiger partial charge in [0.05, 0.1) is 45.4 Å². The summed E-state index contributed by atoms with van der Waals surface area (Å²) in [6.07, 6.45) is 0.681. The van der Waals surface area contributed by atoms with Crippen LogP contribution in [0.25, 0.3) is 16.9 Å². The summed E-state index contributed by atoms with van der Waals surface area (Å²) >= 11 is 0. The average molecular weight is 515 g/mol. The Hall–Kier alpha value is -4.39. The topological polar surface area (TPSA) is 62.2 Å². The highest BCUT2D eigenvalue weighted by Crippen LogP contribution is 2.36. The molecule has 0 aliphatic carbocycles. The van der Waals surface area contributed by atoms with E-state index in [9.17, 15) is 4.79 Å². The van der Waals surface area contributed by atoms with Gasteiger partial charge in [-0.05, 0) is 54.8 Å². The summed E-state index contributed by atoms with van der Waals surface area (Å²) < 4.78 is 23.9. The third-order valence-corrected chi connectivity index (χ3v) is 6.71. The summed E-state index contributed by atoms with van der Waals surface area (Å²) in [6.45, 7) is 2.51. The zero-order chi connectivity index (χ0) is 27.2. The number of ether oxygens (including phenoxy) is 4. The van der Waals surface area contributed by atoms with Crippen LogP contribution in [0.3, 0.4) is 0 Å². The zero-order valence-electron chi connectivity index (χ0n) is 22.8. The lowest BCUT2D eigenvalue weighted by molar-refractivity contribution is 0.0796. The lowest BCUT2D eigenvalue weighted by Gasteiger charge is -2.19. The SMILES string of the molecule is COc1ccc(-n2c(-c3ccccc3)cc(C(=O)N(C)CCc3ccc(OC)c(OC)c3)c2C)c(OC)c1. The molecule has 1 amide bonds. The molecular weight excluding hydrogens is 480 g/mol. The number of rotatable bonds is 10. The molecule has 4 aromatic rings. The van der Waals surface area contributed by atoms with Crippen molar-refractivity contribution < 1.29 is 23.7 Å². The van der Waals surface area contributed by atoms with Crippen molar-refractivity contribution in [3.8, 4) is 39.9 Å². The summed E-state index contributed by atoms with van der Waals surface area (Å²) in [5.41, 5.74) is 5.26. The molecule has 7 nitrogen and oxygen atoms in total. The van der Waals surface area contributed by atoms with E-state index in [0.29, 0.717) is 41.5 Å². The fraction of sp³-hybridized carbons (Fsp3) is 0.258. The number of carbonyl (C=O) groups is 1. The van der Waals surface area contributed by atoms with Gasteiger partial charge in [-0.3, -0.25) is 4.79 Å². The van der Waals surface area contributed by atoms with Gasteiger partial charge in [0.15, 0.2) is 11.5 Å². The molecule has 0 N–H and O–H groups in total. The van der Waals surface area contributed by atoms with Crippen LogP contribution < -0.4 is 18.9 Å². The molecule has 1 heterocycles. The fourth-order valence-corrected chi connectivity index (χ4v) is 4.56. The van der Waals surface area contributed by atoms with Crippen LogP contribution >= 0.6 is 0 Å². The monoisotopic (exact) mass is 514 g/mol. The molecule has 0 saturated carbocycles. The third-order valence-electron chi connectivity index (χ3n) is 6.71. The number of nitrogens with zero attached hydrogens (tertiary/aromatic N) is 2. The maximum Gasteiger partial charge on any atom is 0.255 e. The Morgan fingerprint density at radius 2 is 1.50 bits per heavy atom. The van der Waals surface area contributed by atoms with Crippen molar-refractivity contribution >= 4 is 5.91 Å². The Labute approximate surface area is 224 Å². The Kier molecular flexibility index (Phi) is 8.26. The number of hydrogen-bond acceptors (Lipinski definition) is 5. The maximum absolute atomic E-state index is 13.7. The standard InChI is InChI=1S/C31H34N2O5/c1-21-25(31(34)32(2)17-16-22-12-15-28(36-4)30(18-22)38-6)20-27(23-10-8-7-9-11-23)33(21)26-14-13-24(35-3)19-29(26)37-5/h7-15,18-20H,16-17H2,1-6H3. The van der Waals surface area contributed by atoms with Crippen LogP contribution in [0, 0.1) is 6.92 Å². The highest BCUT2D eigenvalue weighted by molar-refractivity contribution is 5.97. The summed E-state index contributed by atoms with van der Waals surface area (Å²) in [5.74, 6) is 2.66. The van der Waals surface area contributed by atoms with Gasteiger partial charge in [-0.15, -0.1) is 0 Å². The van der Waals surface area contributed by atoms with Crippen molar-refractivity contribution in [2.75, 3.05) is 42.0 Å². The molecule has 198 valence electrons. The number of likely N-dealkylation sites (N-methyl/N-ethyl adjacent to an activating group) is 1. The molecule has 4 rings (SSSR count). The molecule has 38 heavy (non-hydrogen) atoms. The van der Waals surface area contributed by atoms with Gasteiger partial charge in [0.1, 0.15) is 11.5 Å². The predicted octanol–water partition coefficient (Wildman–Crippen LogP) is 5.80. The average Bonchev–Trinajstić information content (AvgIpc) is 3.31. The molecule has 0 saturated heterocycles. The first-order valence-corrected chi connectivity index (χ1v) is 12.4. The van der Waals surface area contributed by atoms with Crippen LogP contribution in [-0.2, 0) is 6.42 Å². The van der Waals surface area contributed by atoms with E-state index in [2.05, 4.69) is 4.57 Å². The second-order valence-electron chi connectivity index (χ2n) is 8.93. The van der Waals surface area contributed by atoms with E-state index in [1.807, 2.05) is 86.8 Å². The van der Waals surface area contributed by atoms with E-state index in [-0.39, 0.29) is 5.91 Å². The van der Waals surface area contributed by atoms with Crippen LogP contribution in [0.4, 0.5) is 0 Å². The molecule has 7 heteroatoms. The smallest absolute Gasteiger partial charge is 0.255 e. The van der Waals surface area contributed by atoms with Gasteiger partial charge in [-0.2, -0.15) is 0 Å². The first-order chi connectivity index (χ1) is 18.4.